The Morgan fingerprint density at radius 1 is 0.951 bits per heavy atom. The monoisotopic (exact) mass is 555 g/mol. The van der Waals surface area contributed by atoms with Gasteiger partial charge in [0.1, 0.15) is 30.6 Å². The number of nitrogens with one attached hydrogen (secondary N) is 1. The second kappa shape index (κ2) is 14.2. The van der Waals surface area contributed by atoms with Crippen LogP contribution in [-0.2, 0) is 29.2 Å². The van der Waals surface area contributed by atoms with E-state index in [4.69, 9.17) is 4.74 Å². The van der Waals surface area contributed by atoms with Crippen LogP contribution < -0.4 is 10.1 Å². The second-order valence-electron chi connectivity index (χ2n) is 10.2. The van der Waals surface area contributed by atoms with E-state index in [1.165, 1.54) is 0 Å². The van der Waals surface area contributed by atoms with Gasteiger partial charge in [-0.1, -0.05) is 80.4 Å². The number of aliphatic carboxylic acids is 1. The third-order valence-corrected chi connectivity index (χ3v) is 7.10. The molecule has 1 atom stereocenters. The highest BCUT2D eigenvalue weighted by atomic mass is 16.5. The van der Waals surface area contributed by atoms with Gasteiger partial charge in [-0.3, -0.25) is 9.59 Å². The lowest BCUT2D eigenvalue weighted by molar-refractivity contribution is -0.139. The lowest BCUT2D eigenvalue weighted by Gasteiger charge is -2.20. The molecule has 3 aromatic carbocycles. The van der Waals surface area contributed by atoms with Gasteiger partial charge in [-0.2, -0.15) is 0 Å². The first kappa shape index (κ1) is 29.4. The molecule has 8 nitrogen and oxygen atoms in total. The fourth-order valence-electron chi connectivity index (χ4n) is 4.66. The SMILES string of the molecule is CCCCC(NC(=O)c1cc2cc(OCc3ccccc3)ccc2n1CC(=O)N(C)CCc1ccccc1)C(=O)O. The lowest BCUT2D eigenvalue weighted by Crippen LogP contribution is -2.42. The third-order valence-electron chi connectivity index (χ3n) is 7.10. The molecule has 0 saturated heterocycles. The van der Waals surface area contributed by atoms with Crippen LogP contribution in [-0.4, -0.2) is 52.0 Å². The smallest absolute Gasteiger partial charge is 0.326 e. The Kier molecular flexibility index (Phi) is 10.2. The van der Waals surface area contributed by atoms with Crippen molar-refractivity contribution in [1.82, 2.24) is 14.8 Å². The minimum Gasteiger partial charge on any atom is -0.489 e. The highest BCUT2D eigenvalue weighted by Gasteiger charge is 2.24. The van der Waals surface area contributed by atoms with Gasteiger partial charge < -0.3 is 24.6 Å². The Bertz CT molecular complexity index is 1470. The van der Waals surface area contributed by atoms with E-state index < -0.39 is 17.9 Å². The Balaban J connectivity index is 1.58. The molecule has 0 spiro atoms. The van der Waals surface area contributed by atoms with Crippen molar-refractivity contribution in [2.75, 3.05) is 13.6 Å². The number of hydrogen-bond donors (Lipinski definition) is 2. The molecule has 4 rings (SSSR count). The number of carboxylic acid groups (broad SMARTS) is 1. The minimum atomic E-state index is -1.08. The van der Waals surface area contributed by atoms with E-state index in [2.05, 4.69) is 5.32 Å². The van der Waals surface area contributed by atoms with Gasteiger partial charge in [0.2, 0.25) is 5.91 Å². The third kappa shape index (κ3) is 7.97. The summed E-state index contributed by atoms with van der Waals surface area (Å²) in [6, 6.07) is 25.9. The van der Waals surface area contributed by atoms with E-state index in [0.29, 0.717) is 43.7 Å². The van der Waals surface area contributed by atoms with Crippen LogP contribution in [0.4, 0.5) is 0 Å². The van der Waals surface area contributed by atoms with E-state index in [0.717, 1.165) is 22.9 Å². The average Bonchev–Trinajstić information content (AvgIpc) is 3.35. The number of carbonyl (C=O) groups is 3. The molecular formula is C33H37N3O5. The summed E-state index contributed by atoms with van der Waals surface area (Å²) in [4.78, 5) is 40.2. The van der Waals surface area contributed by atoms with Gasteiger partial charge >= 0.3 is 5.97 Å². The molecule has 0 aliphatic heterocycles. The second-order valence-corrected chi connectivity index (χ2v) is 10.2. The Hall–Kier alpha value is -4.59. The number of amides is 2. The van der Waals surface area contributed by atoms with Crippen molar-refractivity contribution in [2.24, 2.45) is 0 Å². The zero-order valence-corrected chi connectivity index (χ0v) is 23.6. The summed E-state index contributed by atoms with van der Waals surface area (Å²) in [5.74, 6) is -1.14. The van der Waals surface area contributed by atoms with Crippen LogP contribution in [0.1, 0.15) is 47.8 Å². The number of nitrogens with zero attached hydrogens (tertiary/aromatic N) is 2. The normalized spacial score (nSPS) is 11.7. The maximum Gasteiger partial charge on any atom is 0.326 e. The van der Waals surface area contributed by atoms with E-state index >= 15 is 0 Å². The number of ether oxygens (including phenoxy) is 1. The highest BCUT2D eigenvalue weighted by molar-refractivity contribution is 6.01. The quantitative estimate of drug-likeness (QED) is 0.220. The first-order valence-electron chi connectivity index (χ1n) is 14.0. The summed E-state index contributed by atoms with van der Waals surface area (Å²) in [7, 11) is 1.75. The van der Waals surface area contributed by atoms with Crippen molar-refractivity contribution in [1.29, 1.82) is 0 Å². The number of hydrogen-bond acceptors (Lipinski definition) is 4. The molecule has 0 saturated carbocycles. The molecule has 0 aliphatic rings. The van der Waals surface area contributed by atoms with Crippen molar-refractivity contribution in [3.8, 4) is 5.75 Å². The van der Waals surface area contributed by atoms with Crippen LogP contribution in [0.15, 0.2) is 84.9 Å². The Morgan fingerprint density at radius 2 is 1.63 bits per heavy atom. The van der Waals surface area contributed by atoms with E-state index in [9.17, 15) is 19.5 Å². The molecule has 0 fully saturated rings. The van der Waals surface area contributed by atoms with Gasteiger partial charge in [-0.05, 0) is 48.2 Å². The molecule has 2 N–H and O–H groups in total. The van der Waals surface area contributed by atoms with Crippen LogP contribution in [0.5, 0.6) is 5.75 Å². The molecule has 0 bridgehead atoms. The first-order valence-corrected chi connectivity index (χ1v) is 14.0. The van der Waals surface area contributed by atoms with Crippen molar-refractivity contribution >= 4 is 28.7 Å². The van der Waals surface area contributed by atoms with Crippen molar-refractivity contribution < 1.29 is 24.2 Å². The van der Waals surface area contributed by atoms with Crippen LogP contribution in [0.2, 0.25) is 0 Å². The number of unbranched alkanes of at least 4 members (excludes halogenated alkanes) is 1. The highest BCUT2D eigenvalue weighted by Crippen LogP contribution is 2.26. The standard InChI is InChI=1S/C33H37N3O5/c1-3-4-15-28(33(39)40)34-32(38)30-21-26-20-27(41-23-25-13-9-6-10-14-25)16-17-29(26)36(30)22-31(37)35(2)19-18-24-11-7-5-8-12-24/h5-14,16-17,20-21,28H,3-4,15,18-19,22-23H2,1-2H3,(H,34,38)(H,39,40). The molecule has 1 unspecified atom stereocenters. The number of carboxylic acids is 1. The summed E-state index contributed by atoms with van der Waals surface area (Å²) in [5, 5.41) is 13.1. The molecular weight excluding hydrogens is 518 g/mol. The largest absolute Gasteiger partial charge is 0.489 e. The zero-order chi connectivity index (χ0) is 29.2. The number of fused-ring (bicyclic) bond motifs is 1. The van der Waals surface area contributed by atoms with Crippen molar-refractivity contribution in [3.63, 3.8) is 0 Å². The number of likely N-dealkylation sites (N-methyl/N-ethyl adjacent to an activating group) is 1. The topological polar surface area (TPSA) is 101 Å². The molecule has 0 radical (unpaired) electrons. The van der Waals surface area contributed by atoms with Gasteiger partial charge in [0.05, 0.1) is 0 Å². The first-order chi connectivity index (χ1) is 19.9. The van der Waals surface area contributed by atoms with E-state index in [1.54, 1.807) is 22.6 Å². The summed E-state index contributed by atoms with van der Waals surface area (Å²) < 4.78 is 7.64. The van der Waals surface area contributed by atoms with Gasteiger partial charge in [0.15, 0.2) is 0 Å². The van der Waals surface area contributed by atoms with Gasteiger partial charge in [0.25, 0.3) is 5.91 Å². The summed E-state index contributed by atoms with van der Waals surface area (Å²) >= 11 is 0. The zero-order valence-electron chi connectivity index (χ0n) is 23.6. The van der Waals surface area contributed by atoms with Crippen LogP contribution in [0.25, 0.3) is 10.9 Å². The maximum absolute atomic E-state index is 13.4. The Labute approximate surface area is 240 Å². The lowest BCUT2D eigenvalue weighted by atomic mass is 10.1. The summed E-state index contributed by atoms with van der Waals surface area (Å²) in [6.45, 7) is 2.83. The van der Waals surface area contributed by atoms with Crippen molar-refractivity contribution in [3.05, 3.63) is 102 Å². The molecule has 1 aromatic heterocycles. The van der Waals surface area contributed by atoms with Crippen LogP contribution >= 0.6 is 0 Å². The van der Waals surface area contributed by atoms with Gasteiger partial charge in [0, 0.05) is 24.5 Å². The summed E-state index contributed by atoms with van der Waals surface area (Å²) in [6.07, 6.45) is 2.53. The van der Waals surface area contributed by atoms with Crippen LogP contribution in [0.3, 0.4) is 0 Å². The molecule has 4 aromatic rings. The Morgan fingerprint density at radius 3 is 2.29 bits per heavy atom. The average molecular weight is 556 g/mol. The fraction of sp³-hybridized carbons (Fsp3) is 0.303. The molecule has 2 amide bonds. The van der Waals surface area contributed by atoms with Gasteiger partial charge in [-0.25, -0.2) is 4.79 Å². The maximum atomic E-state index is 13.4. The fourth-order valence-corrected chi connectivity index (χ4v) is 4.66. The molecule has 1 heterocycles. The number of rotatable bonds is 14. The minimum absolute atomic E-state index is 0.0611. The summed E-state index contributed by atoms with van der Waals surface area (Å²) in [5.41, 5.74) is 3.08. The molecule has 8 heteroatoms. The molecule has 214 valence electrons. The number of aromatic nitrogens is 1. The molecule has 0 aliphatic carbocycles. The van der Waals surface area contributed by atoms with E-state index in [1.807, 2.05) is 85.8 Å². The predicted molar refractivity (Wildman–Crippen MR) is 159 cm³/mol. The van der Waals surface area contributed by atoms with Gasteiger partial charge in [-0.15, -0.1) is 0 Å². The van der Waals surface area contributed by atoms with Crippen molar-refractivity contribution in [2.45, 2.75) is 51.8 Å². The molecule has 41 heavy (non-hydrogen) atoms. The van der Waals surface area contributed by atoms with E-state index in [-0.39, 0.29) is 18.1 Å². The van der Waals surface area contributed by atoms with Crippen LogP contribution in [0, 0.1) is 0 Å². The number of benzene rings is 3. The predicted octanol–water partition coefficient (Wildman–Crippen LogP) is 5.29. The number of carbonyl (C=O) groups excluding carboxylic acids is 2.